The molecule has 1 aromatic rings. The molecule has 0 aromatic heterocycles. The van der Waals surface area contributed by atoms with Crippen LogP contribution < -0.4 is 10.1 Å². The monoisotopic (exact) mass is 253 g/mol. The van der Waals surface area contributed by atoms with Crippen LogP contribution in [0.2, 0.25) is 0 Å². The number of nitrogens with one attached hydrogen (secondary N) is 1. The molecule has 2 N–H and O–H groups in total. The third-order valence-corrected chi connectivity index (χ3v) is 2.52. The normalized spacial score (nSPS) is 11.9. The summed E-state index contributed by atoms with van der Waals surface area (Å²) in [6.07, 6.45) is -0.748. The number of hydrogen-bond acceptors (Lipinski definition) is 5. The first-order chi connectivity index (χ1) is 8.67. The van der Waals surface area contributed by atoms with Crippen LogP contribution in [0.15, 0.2) is 24.3 Å². The van der Waals surface area contributed by atoms with Crippen LogP contribution in [0.3, 0.4) is 0 Å². The number of carbonyl (C=O) groups excluding carboxylic acids is 1. The van der Waals surface area contributed by atoms with Crippen molar-refractivity contribution in [3.05, 3.63) is 29.8 Å². The lowest BCUT2D eigenvalue weighted by Crippen LogP contribution is -2.28. The van der Waals surface area contributed by atoms with Gasteiger partial charge in [-0.2, -0.15) is 0 Å². The molecular formula is C13H19NO4. The fourth-order valence-corrected chi connectivity index (χ4v) is 1.57. The van der Waals surface area contributed by atoms with Crippen molar-refractivity contribution in [2.75, 3.05) is 20.8 Å². The first-order valence-corrected chi connectivity index (χ1v) is 5.75. The van der Waals surface area contributed by atoms with Crippen molar-refractivity contribution in [2.45, 2.75) is 19.1 Å². The van der Waals surface area contributed by atoms with Crippen LogP contribution in [0.25, 0.3) is 0 Å². The second-order valence-electron chi connectivity index (χ2n) is 3.88. The molecule has 0 aliphatic carbocycles. The predicted octanol–water partition coefficient (Wildman–Crippen LogP) is 0.709. The summed E-state index contributed by atoms with van der Waals surface area (Å²) in [6.45, 7) is 0.898. The van der Waals surface area contributed by atoms with Gasteiger partial charge in [-0.15, -0.1) is 0 Å². The zero-order chi connectivity index (χ0) is 13.4. The Hall–Kier alpha value is -1.59. The lowest BCUT2D eigenvalue weighted by Gasteiger charge is -2.12. The average molecular weight is 253 g/mol. The van der Waals surface area contributed by atoms with E-state index in [4.69, 9.17) is 4.74 Å². The van der Waals surface area contributed by atoms with E-state index in [0.29, 0.717) is 13.1 Å². The molecule has 1 atom stereocenters. The minimum Gasteiger partial charge on any atom is -0.496 e. The van der Waals surface area contributed by atoms with E-state index in [1.54, 1.807) is 7.11 Å². The zero-order valence-corrected chi connectivity index (χ0v) is 10.7. The first kappa shape index (κ1) is 14.5. The van der Waals surface area contributed by atoms with E-state index in [-0.39, 0.29) is 6.42 Å². The Labute approximate surface area is 107 Å². The Bertz CT molecular complexity index is 381. The lowest BCUT2D eigenvalue weighted by molar-refractivity contribution is -0.142. The molecule has 0 fully saturated rings. The van der Waals surface area contributed by atoms with Gasteiger partial charge < -0.3 is 19.9 Å². The van der Waals surface area contributed by atoms with Gasteiger partial charge in [0.05, 0.1) is 26.7 Å². The molecule has 0 saturated heterocycles. The summed E-state index contributed by atoms with van der Waals surface area (Å²) in [4.78, 5) is 10.9. The summed E-state index contributed by atoms with van der Waals surface area (Å²) >= 11 is 0. The standard InChI is InChI=1S/C13H19NO4/c1-17-12-6-4-3-5-10(12)8-14-9-11(15)7-13(16)18-2/h3-6,11,14-15H,7-9H2,1-2H3. The number of hydrogen-bond donors (Lipinski definition) is 2. The van der Waals surface area contributed by atoms with Crippen molar-refractivity contribution in [3.63, 3.8) is 0 Å². The van der Waals surface area contributed by atoms with Crippen molar-refractivity contribution >= 4 is 5.97 Å². The van der Waals surface area contributed by atoms with Gasteiger partial charge in [0.15, 0.2) is 0 Å². The number of methoxy groups -OCH3 is 2. The van der Waals surface area contributed by atoms with Crippen molar-refractivity contribution < 1.29 is 19.4 Å². The zero-order valence-electron chi connectivity index (χ0n) is 10.7. The average Bonchev–Trinajstić information content (AvgIpc) is 2.39. The summed E-state index contributed by atoms with van der Waals surface area (Å²) < 4.78 is 9.68. The van der Waals surface area contributed by atoms with Crippen LogP contribution >= 0.6 is 0 Å². The molecule has 0 spiro atoms. The molecule has 0 aliphatic rings. The van der Waals surface area contributed by atoms with Gasteiger partial charge in [-0.05, 0) is 6.07 Å². The van der Waals surface area contributed by atoms with Crippen LogP contribution in [0.4, 0.5) is 0 Å². The lowest BCUT2D eigenvalue weighted by atomic mass is 10.2. The molecule has 0 amide bonds. The van der Waals surface area contributed by atoms with E-state index in [2.05, 4.69) is 10.1 Å². The number of benzene rings is 1. The van der Waals surface area contributed by atoms with Crippen LogP contribution in [0.1, 0.15) is 12.0 Å². The minimum atomic E-state index is -0.743. The first-order valence-electron chi connectivity index (χ1n) is 5.75. The third-order valence-electron chi connectivity index (χ3n) is 2.52. The van der Waals surface area contributed by atoms with Crippen LogP contribution in [0.5, 0.6) is 5.75 Å². The Morgan fingerprint density at radius 3 is 2.78 bits per heavy atom. The largest absolute Gasteiger partial charge is 0.496 e. The quantitative estimate of drug-likeness (QED) is 0.700. The number of aliphatic hydroxyl groups excluding tert-OH is 1. The topological polar surface area (TPSA) is 67.8 Å². The fraction of sp³-hybridized carbons (Fsp3) is 0.462. The number of esters is 1. The van der Waals surface area contributed by atoms with E-state index in [0.717, 1.165) is 11.3 Å². The molecule has 1 aromatic carbocycles. The smallest absolute Gasteiger partial charge is 0.308 e. The van der Waals surface area contributed by atoms with E-state index in [1.807, 2.05) is 24.3 Å². The van der Waals surface area contributed by atoms with E-state index < -0.39 is 12.1 Å². The molecule has 0 saturated carbocycles. The maximum absolute atomic E-state index is 10.9. The van der Waals surface area contributed by atoms with Gasteiger partial charge in [0.25, 0.3) is 0 Å². The van der Waals surface area contributed by atoms with Crippen molar-refractivity contribution in [3.8, 4) is 5.75 Å². The maximum atomic E-state index is 10.9. The van der Waals surface area contributed by atoms with E-state index >= 15 is 0 Å². The Morgan fingerprint density at radius 2 is 2.11 bits per heavy atom. The maximum Gasteiger partial charge on any atom is 0.308 e. The molecule has 0 aliphatic heterocycles. The summed E-state index contributed by atoms with van der Waals surface area (Å²) in [5.74, 6) is 0.383. The van der Waals surface area contributed by atoms with Gasteiger partial charge in [0.2, 0.25) is 0 Å². The summed E-state index contributed by atoms with van der Waals surface area (Å²) in [5, 5.41) is 12.6. The molecule has 0 radical (unpaired) electrons. The number of aliphatic hydroxyl groups is 1. The van der Waals surface area contributed by atoms with Crippen LogP contribution in [0, 0.1) is 0 Å². The Kier molecular flexibility index (Phi) is 6.18. The van der Waals surface area contributed by atoms with Crippen molar-refractivity contribution in [1.82, 2.24) is 5.32 Å². The van der Waals surface area contributed by atoms with Gasteiger partial charge in [-0.3, -0.25) is 4.79 Å². The second-order valence-corrected chi connectivity index (χ2v) is 3.88. The number of rotatable bonds is 7. The molecule has 0 bridgehead atoms. The SMILES string of the molecule is COC(=O)CC(O)CNCc1ccccc1OC. The van der Waals surface area contributed by atoms with Gasteiger partial charge in [0, 0.05) is 18.7 Å². The molecule has 1 rings (SSSR count). The van der Waals surface area contributed by atoms with Gasteiger partial charge in [0.1, 0.15) is 5.75 Å². The second kappa shape index (κ2) is 7.68. The Morgan fingerprint density at radius 1 is 1.39 bits per heavy atom. The molecule has 100 valence electrons. The van der Waals surface area contributed by atoms with Crippen LogP contribution in [-0.2, 0) is 16.1 Å². The van der Waals surface area contributed by atoms with Gasteiger partial charge in [-0.1, -0.05) is 18.2 Å². The highest BCUT2D eigenvalue weighted by molar-refractivity contribution is 5.69. The minimum absolute atomic E-state index is 0.00454. The van der Waals surface area contributed by atoms with E-state index in [9.17, 15) is 9.90 Å². The molecule has 1 unspecified atom stereocenters. The molecule has 5 nitrogen and oxygen atoms in total. The molecule has 18 heavy (non-hydrogen) atoms. The van der Waals surface area contributed by atoms with E-state index in [1.165, 1.54) is 7.11 Å². The van der Waals surface area contributed by atoms with Gasteiger partial charge >= 0.3 is 5.97 Å². The molecule has 5 heteroatoms. The highest BCUT2D eigenvalue weighted by Crippen LogP contribution is 2.16. The molecular weight excluding hydrogens is 234 g/mol. The summed E-state index contributed by atoms with van der Waals surface area (Å²) in [7, 11) is 2.92. The summed E-state index contributed by atoms with van der Waals surface area (Å²) in [6, 6.07) is 7.64. The van der Waals surface area contributed by atoms with Crippen molar-refractivity contribution in [1.29, 1.82) is 0 Å². The number of para-hydroxylation sites is 1. The van der Waals surface area contributed by atoms with Gasteiger partial charge in [-0.25, -0.2) is 0 Å². The Balaban J connectivity index is 2.35. The van der Waals surface area contributed by atoms with Crippen molar-refractivity contribution in [2.24, 2.45) is 0 Å². The highest BCUT2D eigenvalue weighted by Gasteiger charge is 2.10. The number of carbonyl (C=O) groups is 1. The van der Waals surface area contributed by atoms with Crippen LogP contribution in [-0.4, -0.2) is 37.9 Å². The number of ether oxygens (including phenoxy) is 2. The molecule has 0 heterocycles. The fourth-order valence-electron chi connectivity index (χ4n) is 1.57. The third kappa shape index (κ3) is 4.73. The summed E-state index contributed by atoms with van der Waals surface area (Å²) in [5.41, 5.74) is 1.00. The highest BCUT2D eigenvalue weighted by atomic mass is 16.5. The predicted molar refractivity (Wildman–Crippen MR) is 67.3 cm³/mol.